The fourth-order valence-corrected chi connectivity index (χ4v) is 2.28. The fraction of sp³-hybridized carbons (Fsp3) is 0.538. The van der Waals surface area contributed by atoms with Crippen molar-refractivity contribution < 1.29 is 4.21 Å². The van der Waals surface area contributed by atoms with Crippen molar-refractivity contribution in [2.75, 3.05) is 11.6 Å². The number of anilines is 1. The van der Waals surface area contributed by atoms with E-state index in [0.717, 1.165) is 17.0 Å². The van der Waals surface area contributed by atoms with Crippen LogP contribution in [0.5, 0.6) is 0 Å². The van der Waals surface area contributed by atoms with Crippen molar-refractivity contribution in [3.8, 4) is 0 Å². The first-order chi connectivity index (χ1) is 7.54. The maximum Gasteiger partial charge on any atom is 0.0498 e. The van der Waals surface area contributed by atoms with E-state index in [-0.39, 0.29) is 0 Å². The van der Waals surface area contributed by atoms with Crippen LogP contribution in [0.2, 0.25) is 0 Å². The van der Waals surface area contributed by atoms with Crippen molar-refractivity contribution in [1.82, 2.24) is 0 Å². The lowest BCUT2D eigenvalue weighted by atomic mass is 10.0. The van der Waals surface area contributed by atoms with Gasteiger partial charge in [0.05, 0.1) is 0 Å². The molecule has 2 unspecified atom stereocenters. The highest BCUT2D eigenvalue weighted by Crippen LogP contribution is 2.17. The summed E-state index contributed by atoms with van der Waals surface area (Å²) in [6.45, 7) is 6.60. The molecule has 0 saturated heterocycles. The van der Waals surface area contributed by atoms with Crippen LogP contribution in [-0.2, 0) is 10.8 Å². The van der Waals surface area contributed by atoms with E-state index >= 15 is 0 Å². The Labute approximate surface area is 101 Å². The number of hydrogen-bond donors (Lipinski definition) is 1. The molecular formula is C13H21NOS. The summed E-state index contributed by atoms with van der Waals surface area (Å²) in [6.07, 6.45) is 2.80. The van der Waals surface area contributed by atoms with E-state index in [1.807, 2.05) is 24.3 Å². The van der Waals surface area contributed by atoms with Crippen LogP contribution in [0.25, 0.3) is 0 Å². The van der Waals surface area contributed by atoms with Crippen molar-refractivity contribution in [1.29, 1.82) is 0 Å². The topological polar surface area (TPSA) is 29.1 Å². The molecule has 1 aromatic carbocycles. The molecule has 0 aliphatic heterocycles. The quantitative estimate of drug-likeness (QED) is 0.854. The van der Waals surface area contributed by atoms with Gasteiger partial charge < -0.3 is 5.32 Å². The molecule has 1 rings (SSSR count). The van der Waals surface area contributed by atoms with Crippen LogP contribution in [-0.4, -0.2) is 16.5 Å². The number of rotatable bonds is 5. The van der Waals surface area contributed by atoms with Crippen molar-refractivity contribution in [3.05, 3.63) is 24.3 Å². The van der Waals surface area contributed by atoms with Gasteiger partial charge in [-0.25, -0.2) is 0 Å². The first-order valence-electron chi connectivity index (χ1n) is 5.74. The molecule has 0 aliphatic rings. The van der Waals surface area contributed by atoms with E-state index in [1.165, 1.54) is 0 Å². The molecule has 1 N–H and O–H groups in total. The molecule has 0 bridgehead atoms. The molecule has 2 atom stereocenters. The first-order valence-corrected chi connectivity index (χ1v) is 7.30. The van der Waals surface area contributed by atoms with Crippen LogP contribution in [0.3, 0.4) is 0 Å². The van der Waals surface area contributed by atoms with E-state index in [0.29, 0.717) is 12.0 Å². The summed E-state index contributed by atoms with van der Waals surface area (Å²) in [5, 5.41) is 3.49. The van der Waals surface area contributed by atoms with Crippen LogP contribution in [0.15, 0.2) is 29.2 Å². The summed E-state index contributed by atoms with van der Waals surface area (Å²) in [7, 11) is -0.907. The maximum absolute atomic E-state index is 11.4. The Balaban J connectivity index is 2.80. The maximum atomic E-state index is 11.4. The van der Waals surface area contributed by atoms with Crippen LogP contribution < -0.4 is 5.32 Å². The zero-order chi connectivity index (χ0) is 12.1. The molecule has 0 fully saturated rings. The zero-order valence-corrected chi connectivity index (χ0v) is 11.3. The lowest BCUT2D eigenvalue weighted by Gasteiger charge is -2.22. The molecule has 0 aliphatic carbocycles. The van der Waals surface area contributed by atoms with Crippen LogP contribution >= 0.6 is 0 Å². The summed E-state index contributed by atoms with van der Waals surface area (Å²) < 4.78 is 11.4. The van der Waals surface area contributed by atoms with Gasteiger partial charge in [-0.1, -0.05) is 26.8 Å². The Morgan fingerprint density at radius 1 is 1.38 bits per heavy atom. The molecule has 90 valence electrons. The summed E-state index contributed by atoms with van der Waals surface area (Å²) in [4.78, 5) is 0.878. The van der Waals surface area contributed by atoms with Gasteiger partial charge >= 0.3 is 0 Å². The van der Waals surface area contributed by atoms with Crippen molar-refractivity contribution in [2.24, 2.45) is 5.92 Å². The Morgan fingerprint density at radius 3 is 2.56 bits per heavy atom. The van der Waals surface area contributed by atoms with Crippen molar-refractivity contribution >= 4 is 16.5 Å². The normalized spacial score (nSPS) is 14.8. The van der Waals surface area contributed by atoms with Crippen LogP contribution in [0, 0.1) is 5.92 Å². The third kappa shape index (κ3) is 3.63. The largest absolute Gasteiger partial charge is 0.382 e. The molecule has 0 aromatic heterocycles. The Kier molecular flexibility index (Phi) is 5.00. The number of hydrogen-bond acceptors (Lipinski definition) is 2. The summed E-state index contributed by atoms with van der Waals surface area (Å²) in [6, 6.07) is 8.33. The molecule has 3 heteroatoms. The molecule has 0 spiro atoms. The highest BCUT2D eigenvalue weighted by molar-refractivity contribution is 7.84. The van der Waals surface area contributed by atoms with Gasteiger partial charge in [-0.3, -0.25) is 4.21 Å². The second-order valence-electron chi connectivity index (χ2n) is 4.39. The monoisotopic (exact) mass is 239 g/mol. The Hall–Kier alpha value is -0.830. The van der Waals surface area contributed by atoms with Crippen LogP contribution in [0.1, 0.15) is 27.2 Å². The predicted molar refractivity (Wildman–Crippen MR) is 71.3 cm³/mol. The van der Waals surface area contributed by atoms with Gasteiger partial charge in [0, 0.05) is 33.7 Å². The summed E-state index contributed by atoms with van der Waals surface area (Å²) in [5.41, 5.74) is 1.06. The standard InChI is InChI=1S/C13H21NOS/c1-5-13(10(2)3)14-11-7-6-8-12(9-11)16(4)15/h6-10,13-14H,5H2,1-4H3. The minimum atomic E-state index is -0.907. The Morgan fingerprint density at radius 2 is 2.06 bits per heavy atom. The SMILES string of the molecule is CCC(Nc1cccc(S(C)=O)c1)C(C)C. The van der Waals surface area contributed by atoms with Crippen molar-refractivity contribution in [2.45, 2.75) is 38.1 Å². The summed E-state index contributed by atoms with van der Waals surface area (Å²) >= 11 is 0. The smallest absolute Gasteiger partial charge is 0.0498 e. The summed E-state index contributed by atoms with van der Waals surface area (Å²) in [5.74, 6) is 0.598. The van der Waals surface area contributed by atoms with E-state index in [2.05, 4.69) is 26.1 Å². The van der Waals surface area contributed by atoms with Crippen LogP contribution in [0.4, 0.5) is 5.69 Å². The van der Waals surface area contributed by atoms with E-state index in [1.54, 1.807) is 6.26 Å². The molecule has 1 aromatic rings. The highest BCUT2D eigenvalue weighted by atomic mass is 32.2. The van der Waals surface area contributed by atoms with Gasteiger partial charge in [0.1, 0.15) is 0 Å². The lowest BCUT2D eigenvalue weighted by Crippen LogP contribution is -2.24. The van der Waals surface area contributed by atoms with Gasteiger partial charge in [0.25, 0.3) is 0 Å². The third-order valence-electron chi connectivity index (χ3n) is 2.76. The number of nitrogens with one attached hydrogen (secondary N) is 1. The van der Waals surface area contributed by atoms with Gasteiger partial charge in [-0.05, 0) is 30.5 Å². The average Bonchev–Trinajstić information content (AvgIpc) is 2.25. The number of benzene rings is 1. The molecule has 16 heavy (non-hydrogen) atoms. The molecule has 0 saturated carbocycles. The molecular weight excluding hydrogens is 218 g/mol. The minimum absolute atomic E-state index is 0.473. The van der Waals surface area contributed by atoms with E-state index in [4.69, 9.17) is 0 Å². The van der Waals surface area contributed by atoms with Gasteiger partial charge in [0.15, 0.2) is 0 Å². The molecule has 2 nitrogen and oxygen atoms in total. The fourth-order valence-electron chi connectivity index (χ4n) is 1.72. The second-order valence-corrected chi connectivity index (χ2v) is 5.76. The Bertz CT molecular complexity index is 363. The zero-order valence-electron chi connectivity index (χ0n) is 10.5. The van der Waals surface area contributed by atoms with E-state index in [9.17, 15) is 4.21 Å². The van der Waals surface area contributed by atoms with Gasteiger partial charge in [0.2, 0.25) is 0 Å². The average molecular weight is 239 g/mol. The second kappa shape index (κ2) is 6.04. The predicted octanol–water partition coefficient (Wildman–Crippen LogP) is 3.27. The first kappa shape index (κ1) is 13.2. The lowest BCUT2D eigenvalue weighted by molar-refractivity contribution is 0.511. The van der Waals surface area contributed by atoms with Gasteiger partial charge in [-0.2, -0.15) is 0 Å². The van der Waals surface area contributed by atoms with Crippen molar-refractivity contribution in [3.63, 3.8) is 0 Å². The van der Waals surface area contributed by atoms with E-state index < -0.39 is 10.8 Å². The van der Waals surface area contributed by atoms with Gasteiger partial charge in [-0.15, -0.1) is 0 Å². The molecule has 0 heterocycles. The minimum Gasteiger partial charge on any atom is -0.382 e. The highest BCUT2D eigenvalue weighted by Gasteiger charge is 2.10. The third-order valence-corrected chi connectivity index (χ3v) is 3.68. The molecule has 0 amide bonds. The molecule has 0 radical (unpaired) electrons.